The van der Waals surface area contributed by atoms with Gasteiger partial charge in [0, 0.05) is 44.2 Å². The Morgan fingerprint density at radius 1 is 1.07 bits per heavy atom. The summed E-state index contributed by atoms with van der Waals surface area (Å²) in [6.07, 6.45) is 0. The molecule has 2 aromatic carbocycles. The first-order chi connectivity index (χ1) is 6.20. The summed E-state index contributed by atoms with van der Waals surface area (Å²) in [6, 6.07) is 9.84. The summed E-state index contributed by atoms with van der Waals surface area (Å²) < 4.78 is 0. The van der Waals surface area contributed by atoms with E-state index in [0.29, 0.717) is 16.3 Å². The third-order valence-corrected chi connectivity index (χ3v) is 2.10. The molecule has 69 valence electrons. The van der Waals surface area contributed by atoms with Crippen LogP contribution in [0.2, 0.25) is 0 Å². The number of rotatable bonds is 0. The number of hydrogen-bond donors (Lipinski definition) is 2. The predicted molar refractivity (Wildman–Crippen MR) is 50.9 cm³/mol. The summed E-state index contributed by atoms with van der Waals surface area (Å²) in [7, 11) is 0. The molecule has 1 radical (unpaired) electrons. The molecule has 0 fully saturated rings. The number of fused-ring (bicyclic) bond motifs is 1. The molecule has 0 aliphatic heterocycles. The van der Waals surface area contributed by atoms with Crippen molar-refractivity contribution in [2.45, 2.75) is 6.92 Å². The Morgan fingerprint density at radius 3 is 2.29 bits per heavy atom. The normalized spacial score (nSPS) is 9.79. The van der Waals surface area contributed by atoms with Crippen LogP contribution in [0.1, 0.15) is 5.56 Å². The maximum atomic E-state index is 9.64. The third kappa shape index (κ3) is 1.77. The monoisotopic (exact) mass is 262 g/mol. The molecule has 0 aliphatic carbocycles. The van der Waals surface area contributed by atoms with E-state index in [1.807, 2.05) is 12.1 Å². The van der Waals surface area contributed by atoms with Gasteiger partial charge < -0.3 is 10.2 Å². The molecular formula is C11H9O2Y-. The molecule has 0 atom stereocenters. The van der Waals surface area contributed by atoms with Crippen LogP contribution in [0.3, 0.4) is 0 Å². The minimum Gasteiger partial charge on any atom is -0.565 e. The second kappa shape index (κ2) is 4.28. The predicted octanol–water partition coefficient (Wildman–Crippen LogP) is 2.36. The van der Waals surface area contributed by atoms with Gasteiger partial charge in [-0.3, -0.25) is 0 Å². The smallest absolute Gasteiger partial charge is 0.0140 e. The summed E-state index contributed by atoms with van der Waals surface area (Å²) in [5.74, 6) is 0.277. The molecular weight excluding hydrogens is 253 g/mol. The molecule has 0 saturated heterocycles. The van der Waals surface area contributed by atoms with Crippen molar-refractivity contribution in [2.24, 2.45) is 0 Å². The SMILES string of the molecule is Cc1[c-]c(O)c2ccccc2c1O.[Y]. The van der Waals surface area contributed by atoms with Crippen molar-refractivity contribution >= 4 is 10.8 Å². The van der Waals surface area contributed by atoms with Crippen LogP contribution < -0.4 is 0 Å². The van der Waals surface area contributed by atoms with Gasteiger partial charge in [-0.1, -0.05) is 35.9 Å². The van der Waals surface area contributed by atoms with Gasteiger partial charge in [0.25, 0.3) is 0 Å². The summed E-state index contributed by atoms with van der Waals surface area (Å²) >= 11 is 0. The molecule has 2 nitrogen and oxygen atoms in total. The fourth-order valence-corrected chi connectivity index (χ4v) is 1.40. The number of aromatic hydroxyl groups is 2. The molecule has 2 rings (SSSR count). The Labute approximate surface area is 107 Å². The van der Waals surface area contributed by atoms with E-state index in [9.17, 15) is 10.2 Å². The fraction of sp³-hybridized carbons (Fsp3) is 0.0909. The molecule has 0 unspecified atom stereocenters. The second-order valence-corrected chi connectivity index (χ2v) is 2.99. The van der Waals surface area contributed by atoms with E-state index in [2.05, 4.69) is 6.07 Å². The summed E-state index contributed by atoms with van der Waals surface area (Å²) in [4.78, 5) is 0. The first-order valence-electron chi connectivity index (χ1n) is 4.02. The van der Waals surface area contributed by atoms with Crippen LogP contribution in [0.15, 0.2) is 24.3 Å². The van der Waals surface area contributed by atoms with Gasteiger partial charge in [0.15, 0.2) is 0 Å². The van der Waals surface area contributed by atoms with Gasteiger partial charge >= 0.3 is 0 Å². The summed E-state index contributed by atoms with van der Waals surface area (Å²) in [6.45, 7) is 1.71. The van der Waals surface area contributed by atoms with E-state index in [1.165, 1.54) is 0 Å². The van der Waals surface area contributed by atoms with Crippen LogP contribution in [0, 0.1) is 13.0 Å². The molecule has 0 heterocycles. The van der Waals surface area contributed by atoms with E-state index in [1.54, 1.807) is 19.1 Å². The molecule has 0 aromatic heterocycles. The van der Waals surface area contributed by atoms with Crippen molar-refractivity contribution in [3.05, 3.63) is 35.9 Å². The number of phenols is 2. The van der Waals surface area contributed by atoms with E-state index in [4.69, 9.17) is 0 Å². The van der Waals surface area contributed by atoms with Crippen molar-refractivity contribution in [1.29, 1.82) is 0 Å². The molecule has 2 N–H and O–H groups in total. The van der Waals surface area contributed by atoms with Crippen LogP contribution in [0.5, 0.6) is 11.5 Å². The van der Waals surface area contributed by atoms with Gasteiger partial charge in [0.05, 0.1) is 0 Å². The second-order valence-electron chi connectivity index (χ2n) is 2.99. The Morgan fingerprint density at radius 2 is 1.64 bits per heavy atom. The number of benzene rings is 2. The molecule has 0 amide bonds. The van der Waals surface area contributed by atoms with E-state index in [0.717, 1.165) is 0 Å². The Kier molecular flexibility index (Phi) is 3.51. The zero-order valence-electron chi connectivity index (χ0n) is 7.78. The maximum Gasteiger partial charge on any atom is 0.0140 e. The standard InChI is InChI=1S/C11H9O2.Y/c1-7-6-10(12)8-4-2-3-5-9(8)11(7)13;/h2-5,12-13H,1H3;/q-1;. The Bertz CT molecular complexity index is 466. The number of hydrogen-bond acceptors (Lipinski definition) is 2. The van der Waals surface area contributed by atoms with Crippen molar-refractivity contribution in [1.82, 2.24) is 0 Å². The largest absolute Gasteiger partial charge is 0.565 e. The zero-order chi connectivity index (χ0) is 9.42. The van der Waals surface area contributed by atoms with E-state index in [-0.39, 0.29) is 44.2 Å². The van der Waals surface area contributed by atoms with Crippen molar-refractivity contribution in [3.8, 4) is 11.5 Å². The average Bonchev–Trinajstić information content (AvgIpc) is 2.15. The van der Waals surface area contributed by atoms with Gasteiger partial charge in [-0.05, 0) is 0 Å². The topological polar surface area (TPSA) is 40.5 Å². The van der Waals surface area contributed by atoms with E-state index >= 15 is 0 Å². The fourth-order valence-electron chi connectivity index (χ4n) is 1.40. The molecule has 3 heteroatoms. The van der Waals surface area contributed by atoms with Crippen molar-refractivity contribution in [2.75, 3.05) is 0 Å². The third-order valence-electron chi connectivity index (χ3n) is 2.10. The van der Waals surface area contributed by atoms with E-state index < -0.39 is 0 Å². The van der Waals surface area contributed by atoms with Gasteiger partial charge in [-0.2, -0.15) is 0 Å². The van der Waals surface area contributed by atoms with Gasteiger partial charge in [0.2, 0.25) is 0 Å². The number of aryl methyl sites for hydroxylation is 1. The molecule has 0 bridgehead atoms. The minimum absolute atomic E-state index is 0. The van der Waals surface area contributed by atoms with Gasteiger partial charge in [-0.25, -0.2) is 0 Å². The van der Waals surface area contributed by atoms with Crippen LogP contribution in [-0.4, -0.2) is 10.2 Å². The van der Waals surface area contributed by atoms with Crippen LogP contribution >= 0.6 is 0 Å². The van der Waals surface area contributed by atoms with Crippen molar-refractivity contribution in [3.63, 3.8) is 0 Å². The van der Waals surface area contributed by atoms with Crippen LogP contribution in [-0.2, 0) is 32.7 Å². The van der Waals surface area contributed by atoms with Crippen LogP contribution in [0.4, 0.5) is 0 Å². The first kappa shape index (κ1) is 11.5. The molecule has 0 saturated carbocycles. The molecule has 0 aliphatic rings. The summed E-state index contributed by atoms with van der Waals surface area (Å²) in [5.41, 5.74) is 0.566. The van der Waals surface area contributed by atoms with Crippen LogP contribution in [0.25, 0.3) is 10.8 Å². The minimum atomic E-state index is 0. The van der Waals surface area contributed by atoms with Crippen molar-refractivity contribution < 1.29 is 42.9 Å². The molecule has 0 spiro atoms. The molecule has 14 heavy (non-hydrogen) atoms. The summed E-state index contributed by atoms with van der Waals surface area (Å²) in [5, 5.41) is 20.4. The number of phenolic OH excluding ortho intramolecular Hbond substituents is 2. The molecule has 2 aromatic rings. The average molecular weight is 262 g/mol. The van der Waals surface area contributed by atoms with Gasteiger partial charge in [0.1, 0.15) is 0 Å². The maximum absolute atomic E-state index is 9.64. The Balaban J connectivity index is 0.000000980. The Hall–Kier alpha value is -0.596. The van der Waals surface area contributed by atoms with Gasteiger partial charge in [-0.15, -0.1) is 17.7 Å². The zero-order valence-corrected chi connectivity index (χ0v) is 10.6. The quantitative estimate of drug-likeness (QED) is 0.565. The first-order valence-corrected chi connectivity index (χ1v) is 4.02.